The lowest BCUT2D eigenvalue weighted by molar-refractivity contribution is -0.142. The molecular weight excluding hydrogens is 282 g/mol. The molecule has 21 heavy (non-hydrogen) atoms. The summed E-state index contributed by atoms with van der Waals surface area (Å²) in [5.41, 5.74) is -0.462. The zero-order valence-corrected chi connectivity index (χ0v) is 11.3. The molecule has 0 spiro atoms. The smallest absolute Gasteiger partial charge is 0.308 e. The first-order chi connectivity index (χ1) is 10.0. The van der Waals surface area contributed by atoms with Gasteiger partial charge in [0.15, 0.2) is 5.82 Å². The van der Waals surface area contributed by atoms with Crippen LogP contribution in [0.3, 0.4) is 0 Å². The summed E-state index contributed by atoms with van der Waals surface area (Å²) in [6.45, 7) is 0. The molecule has 0 aliphatic heterocycles. The Labute approximate surface area is 120 Å². The fraction of sp³-hybridized carbons (Fsp3) is 0.500. The Hall–Kier alpha value is -2.05. The van der Waals surface area contributed by atoms with Crippen molar-refractivity contribution in [2.75, 3.05) is 0 Å². The average Bonchev–Trinajstić information content (AvgIpc) is 2.67. The van der Waals surface area contributed by atoms with Crippen LogP contribution in [0.5, 0.6) is 0 Å². The Bertz CT molecular complexity index is 551. The standard InChI is InChI=1S/C14H16F2N2O3/c15-11-9(6-7-17-12(11)16)13(19)18-10-5-3-1-2-4-8(10)14(20)21/h6-8,10H,1-5H2,(H,18,19)(H,20,21). The number of nitrogens with one attached hydrogen (secondary N) is 1. The summed E-state index contributed by atoms with van der Waals surface area (Å²) in [5.74, 6) is -5.17. The molecule has 0 aromatic carbocycles. The van der Waals surface area contributed by atoms with Crippen molar-refractivity contribution in [1.29, 1.82) is 0 Å². The molecule has 1 saturated carbocycles. The summed E-state index contributed by atoms with van der Waals surface area (Å²) < 4.78 is 26.6. The van der Waals surface area contributed by atoms with E-state index >= 15 is 0 Å². The highest BCUT2D eigenvalue weighted by molar-refractivity contribution is 5.94. The van der Waals surface area contributed by atoms with Crippen molar-refractivity contribution in [2.45, 2.75) is 38.1 Å². The van der Waals surface area contributed by atoms with Gasteiger partial charge in [-0.1, -0.05) is 19.3 Å². The number of nitrogens with zero attached hydrogens (tertiary/aromatic N) is 1. The van der Waals surface area contributed by atoms with Crippen LogP contribution in [0, 0.1) is 17.7 Å². The van der Waals surface area contributed by atoms with E-state index in [-0.39, 0.29) is 0 Å². The second-order valence-electron chi connectivity index (χ2n) is 5.13. The number of hydrogen-bond acceptors (Lipinski definition) is 3. The van der Waals surface area contributed by atoms with E-state index < -0.39 is 41.2 Å². The molecule has 1 aromatic heterocycles. The van der Waals surface area contributed by atoms with E-state index in [1.807, 2.05) is 0 Å². The lowest BCUT2D eigenvalue weighted by atomic mass is 9.94. The maximum atomic E-state index is 13.5. The largest absolute Gasteiger partial charge is 0.481 e. The van der Waals surface area contributed by atoms with Crippen LogP contribution in [0.4, 0.5) is 8.78 Å². The van der Waals surface area contributed by atoms with Gasteiger partial charge in [-0.05, 0) is 18.9 Å². The molecule has 1 aliphatic carbocycles. The molecule has 2 rings (SSSR count). The van der Waals surface area contributed by atoms with Gasteiger partial charge in [0, 0.05) is 12.2 Å². The van der Waals surface area contributed by atoms with Crippen LogP contribution in [0.1, 0.15) is 42.5 Å². The number of aliphatic carboxylic acids is 1. The summed E-state index contributed by atoms with van der Waals surface area (Å²) >= 11 is 0. The second-order valence-corrected chi connectivity index (χ2v) is 5.13. The summed E-state index contributed by atoms with van der Waals surface area (Å²) in [6.07, 6.45) is 4.44. The molecule has 2 unspecified atom stereocenters. The molecule has 5 nitrogen and oxygen atoms in total. The van der Waals surface area contributed by atoms with E-state index in [9.17, 15) is 23.5 Å². The van der Waals surface area contributed by atoms with Gasteiger partial charge >= 0.3 is 5.97 Å². The molecule has 0 radical (unpaired) electrons. The predicted molar refractivity (Wildman–Crippen MR) is 69.6 cm³/mol. The minimum atomic E-state index is -1.35. The number of carboxylic acid groups (broad SMARTS) is 1. The van der Waals surface area contributed by atoms with Gasteiger partial charge in [0.1, 0.15) is 0 Å². The first-order valence-electron chi connectivity index (χ1n) is 6.84. The van der Waals surface area contributed by atoms with Crippen LogP contribution in [0.2, 0.25) is 0 Å². The Morgan fingerprint density at radius 1 is 1.24 bits per heavy atom. The molecule has 114 valence electrons. The number of carboxylic acids is 1. The number of aromatic nitrogens is 1. The summed E-state index contributed by atoms with van der Waals surface area (Å²) in [6, 6.07) is 0.494. The van der Waals surface area contributed by atoms with Gasteiger partial charge in [-0.25, -0.2) is 9.37 Å². The van der Waals surface area contributed by atoms with Crippen LogP contribution in [0.15, 0.2) is 12.3 Å². The third-order valence-electron chi connectivity index (χ3n) is 3.74. The van der Waals surface area contributed by atoms with Crippen LogP contribution >= 0.6 is 0 Å². The highest BCUT2D eigenvalue weighted by atomic mass is 19.2. The minimum Gasteiger partial charge on any atom is -0.481 e. The van der Waals surface area contributed by atoms with Crippen molar-refractivity contribution in [3.8, 4) is 0 Å². The first kappa shape index (κ1) is 15.3. The first-order valence-corrected chi connectivity index (χ1v) is 6.84. The monoisotopic (exact) mass is 298 g/mol. The molecule has 1 heterocycles. The van der Waals surface area contributed by atoms with Gasteiger partial charge in [0.05, 0.1) is 11.5 Å². The molecule has 2 N–H and O–H groups in total. The van der Waals surface area contributed by atoms with Crippen molar-refractivity contribution >= 4 is 11.9 Å². The van der Waals surface area contributed by atoms with E-state index in [0.717, 1.165) is 31.5 Å². The van der Waals surface area contributed by atoms with Crippen molar-refractivity contribution in [3.05, 3.63) is 29.6 Å². The highest BCUT2D eigenvalue weighted by Crippen LogP contribution is 2.24. The fourth-order valence-corrected chi connectivity index (χ4v) is 2.62. The highest BCUT2D eigenvalue weighted by Gasteiger charge is 2.31. The molecule has 1 fully saturated rings. The number of pyridine rings is 1. The van der Waals surface area contributed by atoms with Gasteiger partial charge < -0.3 is 10.4 Å². The fourth-order valence-electron chi connectivity index (χ4n) is 2.62. The third kappa shape index (κ3) is 3.53. The van der Waals surface area contributed by atoms with E-state index in [2.05, 4.69) is 10.3 Å². The van der Waals surface area contributed by atoms with Crippen molar-refractivity contribution in [2.24, 2.45) is 5.92 Å². The van der Waals surface area contributed by atoms with Gasteiger partial charge in [-0.2, -0.15) is 4.39 Å². The van der Waals surface area contributed by atoms with Crippen molar-refractivity contribution in [1.82, 2.24) is 10.3 Å². The number of halogens is 2. The third-order valence-corrected chi connectivity index (χ3v) is 3.74. The van der Waals surface area contributed by atoms with Crippen LogP contribution < -0.4 is 5.32 Å². The SMILES string of the molecule is O=C(NC1CCCCCC1C(=O)O)c1ccnc(F)c1F. The lowest BCUT2D eigenvalue weighted by Gasteiger charge is -2.22. The number of rotatable bonds is 3. The minimum absolute atomic E-state index is 0.462. The quantitative estimate of drug-likeness (QED) is 0.662. The molecule has 0 saturated heterocycles. The summed E-state index contributed by atoms with van der Waals surface area (Å²) in [4.78, 5) is 26.4. The van der Waals surface area contributed by atoms with Crippen molar-refractivity contribution < 1.29 is 23.5 Å². The van der Waals surface area contributed by atoms with E-state index in [4.69, 9.17) is 0 Å². The second kappa shape index (κ2) is 6.60. The summed E-state index contributed by atoms with van der Waals surface area (Å²) in [5, 5.41) is 11.7. The molecule has 1 amide bonds. The molecule has 0 bridgehead atoms. The molecule has 7 heteroatoms. The van der Waals surface area contributed by atoms with Gasteiger partial charge in [-0.3, -0.25) is 9.59 Å². The lowest BCUT2D eigenvalue weighted by Crippen LogP contribution is -2.43. The van der Waals surface area contributed by atoms with Gasteiger partial charge in [-0.15, -0.1) is 0 Å². The Kier molecular flexibility index (Phi) is 4.82. The Morgan fingerprint density at radius 3 is 2.67 bits per heavy atom. The maximum Gasteiger partial charge on any atom is 0.308 e. The number of carbonyl (C=O) groups is 2. The van der Waals surface area contributed by atoms with Gasteiger partial charge in [0.25, 0.3) is 5.91 Å². The van der Waals surface area contributed by atoms with E-state index in [1.165, 1.54) is 0 Å². The normalized spacial score (nSPS) is 22.4. The number of carbonyl (C=O) groups excluding carboxylic acids is 1. The average molecular weight is 298 g/mol. The molecular formula is C14H16F2N2O3. The Balaban J connectivity index is 2.16. The number of hydrogen-bond donors (Lipinski definition) is 2. The molecule has 2 atom stereocenters. The van der Waals surface area contributed by atoms with Crippen LogP contribution in [-0.4, -0.2) is 28.0 Å². The van der Waals surface area contributed by atoms with Crippen LogP contribution in [-0.2, 0) is 4.79 Å². The van der Waals surface area contributed by atoms with E-state index in [0.29, 0.717) is 12.8 Å². The predicted octanol–water partition coefficient (Wildman–Crippen LogP) is 2.12. The van der Waals surface area contributed by atoms with Crippen LogP contribution in [0.25, 0.3) is 0 Å². The maximum absolute atomic E-state index is 13.5. The zero-order valence-electron chi connectivity index (χ0n) is 11.3. The zero-order chi connectivity index (χ0) is 15.4. The summed E-state index contributed by atoms with van der Waals surface area (Å²) in [7, 11) is 0. The molecule has 1 aromatic rings. The van der Waals surface area contributed by atoms with Crippen molar-refractivity contribution in [3.63, 3.8) is 0 Å². The van der Waals surface area contributed by atoms with Gasteiger partial charge in [0.2, 0.25) is 5.95 Å². The molecule has 1 aliphatic rings. The van der Waals surface area contributed by atoms with E-state index in [1.54, 1.807) is 0 Å². The topological polar surface area (TPSA) is 79.3 Å². The number of amides is 1. The Morgan fingerprint density at radius 2 is 1.95 bits per heavy atom.